The molecule has 8 heteroatoms. The van der Waals surface area contributed by atoms with Gasteiger partial charge < -0.3 is 4.90 Å². The van der Waals surface area contributed by atoms with Crippen molar-refractivity contribution < 1.29 is 13.2 Å². The Bertz CT molecular complexity index is 1240. The van der Waals surface area contributed by atoms with E-state index < -0.39 is 9.84 Å². The number of carbonyl (C=O) groups is 1. The molecule has 1 aromatic heterocycles. The van der Waals surface area contributed by atoms with Crippen LogP contribution in [0.1, 0.15) is 28.1 Å². The molecule has 1 amide bonds. The molecular formula is C24H25N3O3S2. The number of benzene rings is 2. The van der Waals surface area contributed by atoms with Crippen molar-refractivity contribution in [1.29, 1.82) is 0 Å². The van der Waals surface area contributed by atoms with Crippen molar-refractivity contribution in [2.75, 3.05) is 24.5 Å². The maximum Gasteiger partial charge on any atom is 0.241 e. The average molecular weight is 468 g/mol. The van der Waals surface area contributed by atoms with Gasteiger partial charge in [-0.2, -0.15) is 0 Å². The van der Waals surface area contributed by atoms with Gasteiger partial charge >= 0.3 is 0 Å². The summed E-state index contributed by atoms with van der Waals surface area (Å²) in [6, 6.07) is 13.6. The summed E-state index contributed by atoms with van der Waals surface area (Å²) in [5.74, 6) is -0.0218. The Balaban J connectivity index is 1.32. The smallest absolute Gasteiger partial charge is 0.241 e. The van der Waals surface area contributed by atoms with Crippen LogP contribution in [-0.2, 0) is 39.8 Å². The predicted octanol–water partition coefficient (Wildman–Crippen LogP) is 3.45. The first-order valence-electron chi connectivity index (χ1n) is 10.8. The van der Waals surface area contributed by atoms with Crippen molar-refractivity contribution in [3.8, 4) is 0 Å². The molecule has 166 valence electrons. The molecule has 0 unspecified atom stereocenters. The van der Waals surface area contributed by atoms with E-state index in [0.717, 1.165) is 43.6 Å². The van der Waals surface area contributed by atoms with E-state index in [1.165, 1.54) is 22.5 Å². The first kappa shape index (κ1) is 21.3. The predicted molar refractivity (Wildman–Crippen MR) is 126 cm³/mol. The molecule has 6 nitrogen and oxygen atoms in total. The van der Waals surface area contributed by atoms with E-state index in [0.29, 0.717) is 23.0 Å². The largest absolute Gasteiger partial charge is 0.311 e. The Morgan fingerprint density at radius 1 is 1.03 bits per heavy atom. The van der Waals surface area contributed by atoms with Gasteiger partial charge in [-0.3, -0.25) is 9.69 Å². The third-order valence-corrected chi connectivity index (χ3v) is 8.78. The molecule has 0 aliphatic carbocycles. The Morgan fingerprint density at radius 2 is 1.88 bits per heavy atom. The van der Waals surface area contributed by atoms with Crippen LogP contribution in [0.15, 0.2) is 58.9 Å². The number of aromatic nitrogens is 1. The van der Waals surface area contributed by atoms with Crippen LogP contribution in [0.2, 0.25) is 0 Å². The van der Waals surface area contributed by atoms with Crippen molar-refractivity contribution in [3.05, 3.63) is 75.7 Å². The summed E-state index contributed by atoms with van der Waals surface area (Å²) >= 11 is 1.34. The van der Waals surface area contributed by atoms with E-state index in [-0.39, 0.29) is 11.7 Å². The number of aryl methyl sites for hydroxylation is 1. The number of amides is 1. The summed E-state index contributed by atoms with van der Waals surface area (Å²) in [5.41, 5.74) is 4.42. The standard InChI is InChI=1S/C24H25N3O3S2/c28-24(16-26-12-9-18-4-1-2-5-20(18)15-26)27-11-3-6-19-14-21(7-8-22(19)27)32(29,30)17-23-25-10-13-31-23/h1-2,4-5,7-8,10,13-14H,3,6,9,11-12,15-17H2. The van der Waals surface area contributed by atoms with Crippen molar-refractivity contribution in [2.45, 2.75) is 36.5 Å². The second-order valence-corrected chi connectivity index (χ2v) is 11.3. The fraction of sp³-hybridized carbons (Fsp3) is 0.333. The zero-order valence-corrected chi connectivity index (χ0v) is 19.4. The highest BCUT2D eigenvalue weighted by molar-refractivity contribution is 7.90. The van der Waals surface area contributed by atoms with Gasteiger partial charge in [-0.1, -0.05) is 24.3 Å². The third-order valence-electron chi connectivity index (χ3n) is 6.20. The summed E-state index contributed by atoms with van der Waals surface area (Å²) in [5, 5.41) is 2.37. The number of anilines is 1. The zero-order chi connectivity index (χ0) is 22.1. The van der Waals surface area contributed by atoms with Crippen molar-refractivity contribution in [3.63, 3.8) is 0 Å². The average Bonchev–Trinajstić information content (AvgIpc) is 3.30. The number of carbonyl (C=O) groups excluding carboxylic acids is 1. The highest BCUT2D eigenvalue weighted by Crippen LogP contribution is 2.31. The minimum absolute atomic E-state index is 0.0729. The van der Waals surface area contributed by atoms with Crippen LogP contribution in [0.3, 0.4) is 0 Å². The molecule has 0 saturated heterocycles. The van der Waals surface area contributed by atoms with E-state index in [4.69, 9.17) is 0 Å². The third kappa shape index (κ3) is 4.35. The molecule has 0 atom stereocenters. The normalized spacial score (nSPS) is 16.4. The van der Waals surface area contributed by atoms with Gasteiger partial charge in [0.05, 0.1) is 11.4 Å². The molecule has 0 radical (unpaired) electrons. The number of hydrogen-bond donors (Lipinski definition) is 0. The molecule has 0 N–H and O–H groups in total. The van der Waals surface area contributed by atoms with Crippen molar-refractivity contribution >= 4 is 32.8 Å². The van der Waals surface area contributed by atoms with Crippen LogP contribution in [0.5, 0.6) is 0 Å². The van der Waals surface area contributed by atoms with Gasteiger partial charge in [-0.05, 0) is 54.2 Å². The van der Waals surface area contributed by atoms with Crippen LogP contribution in [0.25, 0.3) is 0 Å². The Labute approximate surface area is 192 Å². The van der Waals surface area contributed by atoms with Gasteiger partial charge in [-0.15, -0.1) is 11.3 Å². The SMILES string of the molecule is O=C(CN1CCc2ccccc2C1)N1CCCc2cc(S(=O)(=O)Cc3nccs3)ccc21. The lowest BCUT2D eigenvalue weighted by molar-refractivity contribution is -0.120. The number of nitrogens with zero attached hydrogens (tertiary/aromatic N) is 3. The summed E-state index contributed by atoms with van der Waals surface area (Å²) in [7, 11) is -3.47. The number of rotatable bonds is 5. The molecule has 3 heterocycles. The van der Waals surface area contributed by atoms with E-state index >= 15 is 0 Å². The number of sulfone groups is 1. The Morgan fingerprint density at radius 3 is 2.69 bits per heavy atom. The first-order valence-corrected chi connectivity index (χ1v) is 13.4. The second kappa shape index (κ2) is 8.77. The maximum absolute atomic E-state index is 13.2. The first-order chi connectivity index (χ1) is 15.5. The number of fused-ring (bicyclic) bond motifs is 2. The molecule has 5 rings (SSSR count). The summed E-state index contributed by atoms with van der Waals surface area (Å²) in [6.07, 6.45) is 4.18. The molecule has 32 heavy (non-hydrogen) atoms. The fourth-order valence-electron chi connectivity index (χ4n) is 4.56. The lowest BCUT2D eigenvalue weighted by atomic mass is 9.99. The molecule has 2 aliphatic rings. The van der Waals surface area contributed by atoms with Crippen LogP contribution < -0.4 is 4.90 Å². The van der Waals surface area contributed by atoms with Gasteiger partial charge in [0, 0.05) is 36.9 Å². The minimum Gasteiger partial charge on any atom is -0.311 e. The monoisotopic (exact) mass is 467 g/mol. The lowest BCUT2D eigenvalue weighted by Gasteiger charge is -2.33. The minimum atomic E-state index is -3.47. The molecule has 0 fully saturated rings. The van der Waals surface area contributed by atoms with Crippen LogP contribution in [-0.4, -0.2) is 43.8 Å². The van der Waals surface area contributed by atoms with Crippen molar-refractivity contribution in [2.24, 2.45) is 0 Å². The zero-order valence-electron chi connectivity index (χ0n) is 17.7. The quantitative estimate of drug-likeness (QED) is 0.575. The fourth-order valence-corrected chi connectivity index (χ4v) is 6.86. The van der Waals surface area contributed by atoms with Crippen molar-refractivity contribution in [1.82, 2.24) is 9.88 Å². The van der Waals surface area contributed by atoms with Crippen LogP contribution in [0, 0.1) is 0 Å². The number of hydrogen-bond acceptors (Lipinski definition) is 6. The maximum atomic E-state index is 13.2. The highest BCUT2D eigenvalue weighted by atomic mass is 32.2. The van der Waals surface area contributed by atoms with Crippen LogP contribution in [0.4, 0.5) is 5.69 Å². The molecule has 2 aromatic carbocycles. The number of thiazole rings is 1. The Hall–Kier alpha value is -2.55. The highest BCUT2D eigenvalue weighted by Gasteiger charge is 2.27. The van der Waals surface area contributed by atoms with Gasteiger partial charge in [0.25, 0.3) is 0 Å². The molecular weight excluding hydrogens is 442 g/mol. The van der Waals surface area contributed by atoms with Gasteiger partial charge in [0.2, 0.25) is 5.91 Å². The van der Waals surface area contributed by atoms with E-state index in [2.05, 4.69) is 28.1 Å². The summed E-state index contributed by atoms with van der Waals surface area (Å²) in [4.78, 5) is 21.6. The molecule has 3 aromatic rings. The summed E-state index contributed by atoms with van der Waals surface area (Å²) in [6.45, 7) is 2.70. The lowest BCUT2D eigenvalue weighted by Crippen LogP contribution is -2.44. The molecule has 0 bridgehead atoms. The molecule has 0 spiro atoms. The van der Waals surface area contributed by atoms with E-state index in [1.807, 2.05) is 11.0 Å². The van der Waals surface area contributed by atoms with E-state index in [9.17, 15) is 13.2 Å². The van der Waals surface area contributed by atoms with Gasteiger partial charge in [0.15, 0.2) is 9.84 Å². The van der Waals surface area contributed by atoms with E-state index in [1.54, 1.807) is 29.8 Å². The topological polar surface area (TPSA) is 70.6 Å². The Kier molecular flexibility index (Phi) is 5.84. The van der Waals surface area contributed by atoms with Gasteiger partial charge in [-0.25, -0.2) is 13.4 Å². The summed E-state index contributed by atoms with van der Waals surface area (Å²) < 4.78 is 25.7. The second-order valence-electron chi connectivity index (χ2n) is 8.35. The van der Waals surface area contributed by atoms with Crippen LogP contribution >= 0.6 is 11.3 Å². The molecule has 2 aliphatic heterocycles. The van der Waals surface area contributed by atoms with Gasteiger partial charge in [0.1, 0.15) is 10.8 Å². The molecule has 0 saturated carbocycles.